The van der Waals surface area contributed by atoms with Crippen molar-refractivity contribution in [2.75, 3.05) is 19.5 Å². The summed E-state index contributed by atoms with van der Waals surface area (Å²) >= 11 is 6.02. The lowest BCUT2D eigenvalue weighted by molar-refractivity contribution is -0.115. The summed E-state index contributed by atoms with van der Waals surface area (Å²) < 4.78 is 10.2. The van der Waals surface area contributed by atoms with Crippen LogP contribution in [0.1, 0.15) is 18.3 Å². The number of rotatable bonds is 5. The molecule has 0 aliphatic heterocycles. The van der Waals surface area contributed by atoms with Crippen molar-refractivity contribution in [3.63, 3.8) is 0 Å². The number of nitrogens with zero attached hydrogens (tertiary/aromatic N) is 1. The molecule has 1 amide bonds. The third kappa shape index (κ3) is 3.70. The predicted molar refractivity (Wildman–Crippen MR) is 67.1 cm³/mol. The van der Waals surface area contributed by atoms with E-state index in [2.05, 4.69) is 5.32 Å². The summed E-state index contributed by atoms with van der Waals surface area (Å²) in [5.41, 5.74) is 1.14. The molecule has 1 aromatic carbocycles. The highest BCUT2D eigenvalue weighted by Gasteiger charge is 2.14. The maximum Gasteiger partial charge on any atom is 0.238 e. The van der Waals surface area contributed by atoms with E-state index in [0.29, 0.717) is 16.3 Å². The number of ether oxygens (including phenoxy) is 2. The molecular formula is C12H13ClN2O3. The van der Waals surface area contributed by atoms with Crippen molar-refractivity contribution in [2.45, 2.75) is 12.7 Å². The van der Waals surface area contributed by atoms with Crippen LogP contribution in [-0.2, 0) is 14.3 Å². The fourth-order valence-electron chi connectivity index (χ4n) is 1.43. The third-order valence-electron chi connectivity index (χ3n) is 2.20. The van der Waals surface area contributed by atoms with Gasteiger partial charge in [-0.3, -0.25) is 4.79 Å². The Labute approximate surface area is 110 Å². The monoisotopic (exact) mass is 268 g/mol. The quantitative estimate of drug-likeness (QED) is 0.833. The number of hydrogen-bond acceptors (Lipinski definition) is 4. The van der Waals surface area contributed by atoms with Gasteiger partial charge in [0.15, 0.2) is 6.29 Å². The minimum Gasteiger partial charge on any atom is -0.352 e. The molecule has 0 spiro atoms. The summed E-state index contributed by atoms with van der Waals surface area (Å²) in [7, 11) is 2.98. The van der Waals surface area contributed by atoms with E-state index >= 15 is 0 Å². The fourth-order valence-corrected chi connectivity index (χ4v) is 1.64. The number of methoxy groups -OCH3 is 2. The topological polar surface area (TPSA) is 71.3 Å². The van der Waals surface area contributed by atoms with E-state index in [-0.39, 0.29) is 12.3 Å². The van der Waals surface area contributed by atoms with E-state index in [4.69, 9.17) is 26.3 Å². The normalized spacial score (nSPS) is 10.2. The molecule has 96 valence electrons. The van der Waals surface area contributed by atoms with Crippen molar-refractivity contribution in [1.29, 1.82) is 5.26 Å². The standard InChI is InChI=1S/C12H13ClN2O3/c1-17-12(18-2)9-7-8(3-4-10(9)13)15-11(16)5-6-14/h3-4,7,12H,5H2,1-2H3,(H,15,16). The minimum atomic E-state index is -0.606. The van der Waals surface area contributed by atoms with Gasteiger partial charge in [-0.2, -0.15) is 5.26 Å². The molecule has 0 unspecified atom stereocenters. The van der Waals surface area contributed by atoms with Crippen LogP contribution >= 0.6 is 11.6 Å². The molecule has 1 N–H and O–H groups in total. The van der Waals surface area contributed by atoms with Gasteiger partial charge in [0.25, 0.3) is 0 Å². The Balaban J connectivity index is 2.93. The summed E-state index contributed by atoms with van der Waals surface area (Å²) in [6.07, 6.45) is -0.805. The Bertz CT molecular complexity index is 467. The zero-order valence-electron chi connectivity index (χ0n) is 10.1. The number of nitriles is 1. The Morgan fingerprint density at radius 1 is 1.50 bits per heavy atom. The molecule has 0 bridgehead atoms. The number of anilines is 1. The van der Waals surface area contributed by atoms with Crippen molar-refractivity contribution >= 4 is 23.2 Å². The molecule has 0 aliphatic carbocycles. The van der Waals surface area contributed by atoms with Crippen molar-refractivity contribution in [3.05, 3.63) is 28.8 Å². The van der Waals surface area contributed by atoms with Gasteiger partial charge in [0.1, 0.15) is 6.42 Å². The number of carbonyl (C=O) groups is 1. The second kappa shape index (κ2) is 6.97. The highest BCUT2D eigenvalue weighted by molar-refractivity contribution is 6.31. The van der Waals surface area contributed by atoms with E-state index in [0.717, 1.165) is 0 Å². The molecule has 0 saturated carbocycles. The Hall–Kier alpha value is -1.61. The van der Waals surface area contributed by atoms with E-state index in [9.17, 15) is 4.79 Å². The van der Waals surface area contributed by atoms with Gasteiger partial charge in [0.2, 0.25) is 5.91 Å². The van der Waals surface area contributed by atoms with Gasteiger partial charge in [-0.15, -0.1) is 0 Å². The summed E-state index contributed by atoms with van der Waals surface area (Å²) in [4.78, 5) is 11.3. The molecule has 18 heavy (non-hydrogen) atoms. The number of benzene rings is 1. The maximum atomic E-state index is 11.3. The molecule has 5 nitrogen and oxygen atoms in total. The first-order valence-corrected chi connectivity index (χ1v) is 5.52. The lowest BCUT2D eigenvalue weighted by Gasteiger charge is -2.16. The molecule has 1 rings (SSSR count). The van der Waals surface area contributed by atoms with Gasteiger partial charge in [0.05, 0.1) is 6.07 Å². The first-order valence-electron chi connectivity index (χ1n) is 5.14. The number of nitrogens with one attached hydrogen (secondary N) is 1. The van der Waals surface area contributed by atoms with Crippen LogP contribution in [0, 0.1) is 11.3 Å². The fraction of sp³-hybridized carbons (Fsp3) is 0.333. The average molecular weight is 269 g/mol. The molecule has 0 atom stereocenters. The highest BCUT2D eigenvalue weighted by Crippen LogP contribution is 2.28. The molecule has 0 fully saturated rings. The highest BCUT2D eigenvalue weighted by atomic mass is 35.5. The van der Waals surface area contributed by atoms with Crippen LogP contribution in [0.25, 0.3) is 0 Å². The molecule has 6 heteroatoms. The summed E-state index contributed by atoms with van der Waals surface area (Å²) in [5.74, 6) is -0.378. The minimum absolute atomic E-state index is 0.198. The smallest absolute Gasteiger partial charge is 0.238 e. The van der Waals surface area contributed by atoms with Crippen LogP contribution < -0.4 is 5.32 Å². The molecule has 0 aromatic heterocycles. The van der Waals surface area contributed by atoms with Crippen molar-refractivity contribution in [3.8, 4) is 6.07 Å². The maximum absolute atomic E-state index is 11.3. The number of hydrogen-bond donors (Lipinski definition) is 1. The van der Waals surface area contributed by atoms with Crippen LogP contribution in [0.3, 0.4) is 0 Å². The van der Waals surface area contributed by atoms with Crippen molar-refractivity contribution < 1.29 is 14.3 Å². The summed E-state index contributed by atoms with van der Waals surface area (Å²) in [6.45, 7) is 0. The lowest BCUT2D eigenvalue weighted by Crippen LogP contribution is -2.11. The summed E-state index contributed by atoms with van der Waals surface area (Å²) in [6, 6.07) is 6.69. The first-order chi connectivity index (χ1) is 8.62. The van der Waals surface area contributed by atoms with Crippen LogP contribution in [0.15, 0.2) is 18.2 Å². The molecule has 0 radical (unpaired) electrons. The molecule has 0 saturated heterocycles. The summed E-state index contributed by atoms with van der Waals surface area (Å²) in [5, 5.41) is 11.5. The van der Waals surface area contributed by atoms with Crippen LogP contribution in [0.5, 0.6) is 0 Å². The van der Waals surface area contributed by atoms with Crippen LogP contribution in [-0.4, -0.2) is 20.1 Å². The first kappa shape index (κ1) is 14.5. The van der Waals surface area contributed by atoms with Crippen molar-refractivity contribution in [2.24, 2.45) is 0 Å². The molecule has 0 heterocycles. The third-order valence-corrected chi connectivity index (χ3v) is 2.55. The second-order valence-electron chi connectivity index (χ2n) is 3.42. The van der Waals surface area contributed by atoms with Gasteiger partial charge in [-0.1, -0.05) is 11.6 Å². The van der Waals surface area contributed by atoms with Gasteiger partial charge in [-0.25, -0.2) is 0 Å². The average Bonchev–Trinajstić information content (AvgIpc) is 2.35. The molecular weight excluding hydrogens is 256 g/mol. The SMILES string of the molecule is COC(OC)c1cc(NC(=O)CC#N)ccc1Cl. The largest absolute Gasteiger partial charge is 0.352 e. The van der Waals surface area contributed by atoms with E-state index in [1.807, 2.05) is 0 Å². The van der Waals surface area contributed by atoms with Crippen LogP contribution in [0.2, 0.25) is 5.02 Å². The van der Waals surface area contributed by atoms with Crippen LogP contribution in [0.4, 0.5) is 5.69 Å². The van der Waals surface area contributed by atoms with Gasteiger partial charge in [-0.05, 0) is 18.2 Å². The van der Waals surface area contributed by atoms with E-state index < -0.39 is 6.29 Å². The Morgan fingerprint density at radius 3 is 2.72 bits per heavy atom. The zero-order chi connectivity index (χ0) is 13.5. The van der Waals surface area contributed by atoms with E-state index in [1.54, 1.807) is 24.3 Å². The molecule has 1 aromatic rings. The van der Waals surface area contributed by atoms with Gasteiger partial charge in [0, 0.05) is 30.5 Å². The van der Waals surface area contributed by atoms with Crippen molar-refractivity contribution in [1.82, 2.24) is 0 Å². The van der Waals surface area contributed by atoms with E-state index in [1.165, 1.54) is 14.2 Å². The molecule has 0 aliphatic rings. The Kier molecular flexibility index (Phi) is 5.59. The number of halogens is 1. The van der Waals surface area contributed by atoms with Gasteiger partial charge >= 0.3 is 0 Å². The number of carbonyl (C=O) groups excluding carboxylic acids is 1. The second-order valence-corrected chi connectivity index (χ2v) is 3.83. The predicted octanol–water partition coefficient (Wildman–Crippen LogP) is 2.48. The lowest BCUT2D eigenvalue weighted by atomic mass is 10.2. The zero-order valence-corrected chi connectivity index (χ0v) is 10.8. The van der Waals surface area contributed by atoms with Gasteiger partial charge < -0.3 is 14.8 Å². The Morgan fingerprint density at radius 2 is 2.17 bits per heavy atom. The number of amides is 1.